The molecular weight excluding hydrogens is 166 g/mol. The van der Waals surface area contributed by atoms with E-state index >= 15 is 0 Å². The summed E-state index contributed by atoms with van der Waals surface area (Å²) in [6, 6.07) is 3.68. The number of benzene rings is 1. The monoisotopic (exact) mass is 181 g/mol. The first-order chi connectivity index (χ1) is 6.27. The SMILES string of the molecule is CC.Cc1cc2c(cc1N)OCO2. The van der Waals surface area contributed by atoms with Crippen molar-refractivity contribution in [3.05, 3.63) is 17.7 Å². The molecule has 1 aliphatic heterocycles. The summed E-state index contributed by atoms with van der Waals surface area (Å²) < 4.78 is 10.3. The van der Waals surface area contributed by atoms with Crippen molar-refractivity contribution in [3.63, 3.8) is 0 Å². The molecular formula is C10H15NO2. The molecule has 0 aliphatic carbocycles. The molecule has 0 spiro atoms. The normalized spacial score (nSPS) is 11.9. The summed E-state index contributed by atoms with van der Waals surface area (Å²) >= 11 is 0. The predicted octanol–water partition coefficient (Wildman–Crippen LogP) is 2.33. The molecule has 3 nitrogen and oxygen atoms in total. The molecule has 0 bridgehead atoms. The van der Waals surface area contributed by atoms with E-state index in [1.807, 2.05) is 26.8 Å². The smallest absolute Gasteiger partial charge is 0.231 e. The maximum absolute atomic E-state index is 5.66. The zero-order valence-corrected chi connectivity index (χ0v) is 8.26. The van der Waals surface area contributed by atoms with Gasteiger partial charge in [0.15, 0.2) is 11.5 Å². The number of rotatable bonds is 0. The van der Waals surface area contributed by atoms with Gasteiger partial charge in [0.1, 0.15) is 0 Å². The fourth-order valence-corrected chi connectivity index (χ4v) is 1.06. The third-order valence-corrected chi connectivity index (χ3v) is 1.76. The molecule has 1 heterocycles. The Morgan fingerprint density at radius 3 is 2.31 bits per heavy atom. The molecule has 1 aliphatic rings. The van der Waals surface area contributed by atoms with Crippen LogP contribution in [0.25, 0.3) is 0 Å². The van der Waals surface area contributed by atoms with Crippen LogP contribution in [0.4, 0.5) is 5.69 Å². The van der Waals surface area contributed by atoms with Gasteiger partial charge < -0.3 is 15.2 Å². The number of hydrogen-bond donors (Lipinski definition) is 1. The summed E-state index contributed by atoms with van der Waals surface area (Å²) in [6.45, 7) is 6.25. The number of nitrogen functional groups attached to an aromatic ring is 1. The molecule has 72 valence electrons. The van der Waals surface area contributed by atoms with Gasteiger partial charge in [0.2, 0.25) is 6.79 Å². The van der Waals surface area contributed by atoms with Crippen LogP contribution in [0, 0.1) is 6.92 Å². The molecule has 0 amide bonds. The second-order valence-corrected chi connectivity index (χ2v) is 2.56. The van der Waals surface area contributed by atoms with Crippen molar-refractivity contribution in [1.82, 2.24) is 0 Å². The molecule has 3 heteroatoms. The highest BCUT2D eigenvalue weighted by Gasteiger charge is 2.13. The van der Waals surface area contributed by atoms with Crippen LogP contribution in [0.5, 0.6) is 11.5 Å². The molecule has 0 saturated heterocycles. The Morgan fingerprint density at radius 2 is 1.69 bits per heavy atom. The first-order valence-corrected chi connectivity index (χ1v) is 4.43. The van der Waals surface area contributed by atoms with Gasteiger partial charge in [-0.1, -0.05) is 13.8 Å². The molecule has 13 heavy (non-hydrogen) atoms. The standard InChI is InChI=1S/C8H9NO2.C2H6/c1-5-2-7-8(3-6(5)9)11-4-10-7;1-2/h2-3H,4,9H2,1H3;1-2H3. The van der Waals surface area contributed by atoms with Crippen LogP contribution in [0.15, 0.2) is 12.1 Å². The summed E-state index contributed by atoms with van der Waals surface area (Å²) in [7, 11) is 0. The van der Waals surface area contributed by atoms with Crippen molar-refractivity contribution in [2.24, 2.45) is 0 Å². The van der Waals surface area contributed by atoms with Gasteiger partial charge in [-0.15, -0.1) is 0 Å². The topological polar surface area (TPSA) is 44.5 Å². The van der Waals surface area contributed by atoms with Crippen LogP contribution in [0.3, 0.4) is 0 Å². The van der Waals surface area contributed by atoms with E-state index in [0.29, 0.717) is 6.79 Å². The van der Waals surface area contributed by atoms with Crippen molar-refractivity contribution in [1.29, 1.82) is 0 Å². The number of aryl methyl sites for hydroxylation is 1. The van der Waals surface area contributed by atoms with Gasteiger partial charge in [-0.2, -0.15) is 0 Å². The number of nitrogens with two attached hydrogens (primary N) is 1. The third-order valence-electron chi connectivity index (χ3n) is 1.76. The second kappa shape index (κ2) is 4.03. The van der Waals surface area contributed by atoms with Gasteiger partial charge in [-0.25, -0.2) is 0 Å². The van der Waals surface area contributed by atoms with Crippen molar-refractivity contribution in [3.8, 4) is 11.5 Å². The quantitative estimate of drug-likeness (QED) is 0.625. The summed E-state index contributed by atoms with van der Waals surface area (Å²) in [5.41, 5.74) is 7.42. The Hall–Kier alpha value is -1.38. The fourth-order valence-electron chi connectivity index (χ4n) is 1.06. The highest BCUT2D eigenvalue weighted by atomic mass is 16.7. The number of hydrogen-bond acceptors (Lipinski definition) is 3. The van der Waals surface area contributed by atoms with E-state index in [2.05, 4.69) is 0 Å². The highest BCUT2D eigenvalue weighted by Crippen LogP contribution is 2.35. The lowest BCUT2D eigenvalue weighted by Gasteiger charge is -2.00. The average Bonchev–Trinajstić information content (AvgIpc) is 2.56. The van der Waals surface area contributed by atoms with Crippen molar-refractivity contribution < 1.29 is 9.47 Å². The van der Waals surface area contributed by atoms with Gasteiger partial charge in [0.25, 0.3) is 0 Å². The van der Waals surface area contributed by atoms with Crippen LogP contribution < -0.4 is 15.2 Å². The van der Waals surface area contributed by atoms with Gasteiger partial charge in [0, 0.05) is 11.8 Å². The number of fused-ring (bicyclic) bond motifs is 1. The van der Waals surface area contributed by atoms with Crippen LogP contribution in [0.2, 0.25) is 0 Å². The van der Waals surface area contributed by atoms with Crippen LogP contribution >= 0.6 is 0 Å². The van der Waals surface area contributed by atoms with Crippen LogP contribution in [0.1, 0.15) is 19.4 Å². The predicted molar refractivity (Wildman–Crippen MR) is 53.1 cm³/mol. The Morgan fingerprint density at radius 1 is 1.15 bits per heavy atom. The Labute approximate surface area is 78.5 Å². The van der Waals surface area contributed by atoms with Gasteiger partial charge in [-0.05, 0) is 18.6 Å². The minimum absolute atomic E-state index is 0.304. The first-order valence-electron chi connectivity index (χ1n) is 4.43. The molecule has 0 atom stereocenters. The summed E-state index contributed by atoms with van der Waals surface area (Å²) in [6.07, 6.45) is 0. The second-order valence-electron chi connectivity index (χ2n) is 2.56. The summed E-state index contributed by atoms with van der Waals surface area (Å²) in [4.78, 5) is 0. The molecule has 1 aromatic carbocycles. The van der Waals surface area contributed by atoms with E-state index in [4.69, 9.17) is 15.2 Å². The van der Waals surface area contributed by atoms with Crippen LogP contribution in [-0.2, 0) is 0 Å². The Bertz CT molecular complexity index is 268. The zero-order valence-electron chi connectivity index (χ0n) is 8.26. The minimum atomic E-state index is 0.304. The molecule has 0 aromatic heterocycles. The highest BCUT2D eigenvalue weighted by molar-refractivity contribution is 5.58. The molecule has 0 fully saturated rings. The van der Waals surface area contributed by atoms with Crippen molar-refractivity contribution >= 4 is 5.69 Å². The summed E-state index contributed by atoms with van der Waals surface area (Å²) in [5.74, 6) is 1.53. The van der Waals surface area contributed by atoms with Gasteiger partial charge >= 0.3 is 0 Å². The molecule has 2 rings (SSSR count). The Kier molecular flexibility index (Phi) is 3.01. The third kappa shape index (κ3) is 1.86. The van der Waals surface area contributed by atoms with Crippen molar-refractivity contribution in [2.45, 2.75) is 20.8 Å². The van der Waals surface area contributed by atoms with E-state index in [1.54, 1.807) is 6.07 Å². The van der Waals surface area contributed by atoms with E-state index in [-0.39, 0.29) is 0 Å². The van der Waals surface area contributed by atoms with E-state index in [0.717, 1.165) is 22.7 Å². The van der Waals surface area contributed by atoms with Gasteiger partial charge in [0.05, 0.1) is 0 Å². The van der Waals surface area contributed by atoms with Crippen molar-refractivity contribution in [2.75, 3.05) is 12.5 Å². The number of anilines is 1. The lowest BCUT2D eigenvalue weighted by Crippen LogP contribution is -1.92. The first kappa shape index (κ1) is 9.71. The molecule has 1 aromatic rings. The molecule has 0 unspecified atom stereocenters. The van der Waals surface area contributed by atoms with E-state index in [9.17, 15) is 0 Å². The van der Waals surface area contributed by atoms with E-state index in [1.165, 1.54) is 0 Å². The summed E-state index contributed by atoms with van der Waals surface area (Å²) in [5, 5.41) is 0. The largest absolute Gasteiger partial charge is 0.454 e. The minimum Gasteiger partial charge on any atom is -0.454 e. The molecule has 0 saturated carbocycles. The van der Waals surface area contributed by atoms with E-state index < -0.39 is 0 Å². The maximum atomic E-state index is 5.66. The molecule has 0 radical (unpaired) electrons. The maximum Gasteiger partial charge on any atom is 0.231 e. The Balaban J connectivity index is 0.000000396. The number of ether oxygens (including phenoxy) is 2. The average molecular weight is 181 g/mol. The zero-order chi connectivity index (χ0) is 9.84. The molecule has 2 N–H and O–H groups in total. The lowest BCUT2D eigenvalue weighted by molar-refractivity contribution is 0.174. The lowest BCUT2D eigenvalue weighted by atomic mass is 10.2. The fraction of sp³-hybridized carbons (Fsp3) is 0.400. The van der Waals surface area contributed by atoms with Gasteiger partial charge in [-0.3, -0.25) is 0 Å². The van der Waals surface area contributed by atoms with Crippen LogP contribution in [-0.4, -0.2) is 6.79 Å².